The van der Waals surface area contributed by atoms with E-state index in [2.05, 4.69) is 21.0 Å². The lowest BCUT2D eigenvalue weighted by molar-refractivity contribution is -0.113. The van der Waals surface area contributed by atoms with E-state index in [-0.39, 0.29) is 0 Å². The number of benzene rings is 1. The summed E-state index contributed by atoms with van der Waals surface area (Å²) < 4.78 is 5.23. The largest absolute Gasteiger partial charge is 0.481 e. The summed E-state index contributed by atoms with van der Waals surface area (Å²) in [4.78, 5) is 22.9. The first-order chi connectivity index (χ1) is 13.6. The molecular weight excluding hydrogens is 352 g/mol. The molecule has 0 aliphatic heterocycles. The lowest BCUT2D eigenvalue weighted by Gasteiger charge is -2.05. The highest BCUT2D eigenvalue weighted by Gasteiger charge is 2.10. The van der Waals surface area contributed by atoms with E-state index in [1.807, 2.05) is 48.8 Å². The van der Waals surface area contributed by atoms with Gasteiger partial charge in [-0.15, -0.1) is 0 Å². The molecule has 0 saturated heterocycles. The molecule has 1 amide bonds. The second-order valence-corrected chi connectivity index (χ2v) is 6.27. The maximum atomic E-state index is 11.0. The van der Waals surface area contributed by atoms with Gasteiger partial charge in [0.2, 0.25) is 11.8 Å². The number of carbonyl (C=O) groups is 1. The van der Waals surface area contributed by atoms with Crippen LogP contribution in [-0.2, 0) is 4.79 Å². The SMILES string of the molecule is COc1cc(-c2c[nH]c3ncc(-c4cccc(C=CC(N)=O)c4)cc23)ccn1. The van der Waals surface area contributed by atoms with Crippen LogP contribution in [0.5, 0.6) is 5.88 Å². The van der Waals surface area contributed by atoms with Crippen molar-refractivity contribution in [1.82, 2.24) is 15.0 Å². The molecule has 0 atom stereocenters. The lowest BCUT2D eigenvalue weighted by atomic mass is 10.0. The molecule has 3 heterocycles. The zero-order valence-corrected chi connectivity index (χ0v) is 15.2. The van der Waals surface area contributed by atoms with Crippen LogP contribution >= 0.6 is 0 Å². The van der Waals surface area contributed by atoms with Crippen molar-refractivity contribution >= 4 is 23.0 Å². The minimum atomic E-state index is -0.474. The van der Waals surface area contributed by atoms with Crippen molar-refractivity contribution < 1.29 is 9.53 Å². The summed E-state index contributed by atoms with van der Waals surface area (Å²) in [6.45, 7) is 0. The fourth-order valence-corrected chi connectivity index (χ4v) is 3.09. The fraction of sp³-hybridized carbons (Fsp3) is 0.0455. The van der Waals surface area contributed by atoms with Gasteiger partial charge in [0.1, 0.15) is 5.65 Å². The number of nitrogens with zero attached hydrogens (tertiary/aromatic N) is 2. The molecule has 28 heavy (non-hydrogen) atoms. The van der Waals surface area contributed by atoms with E-state index in [0.29, 0.717) is 5.88 Å². The van der Waals surface area contributed by atoms with Crippen molar-refractivity contribution in [1.29, 1.82) is 0 Å². The standard InChI is InChI=1S/C22H18N4O2/c1-28-21-11-16(7-8-24-21)19-13-26-22-18(19)10-17(12-25-22)15-4-2-3-14(9-15)5-6-20(23)27/h2-13H,1H3,(H2,23,27)(H,25,26). The molecule has 0 aliphatic rings. The molecule has 0 fully saturated rings. The molecular formula is C22H18N4O2. The number of primary amides is 1. The predicted octanol–water partition coefficient (Wildman–Crippen LogP) is 3.80. The Morgan fingerprint density at radius 3 is 2.82 bits per heavy atom. The number of pyridine rings is 2. The minimum Gasteiger partial charge on any atom is -0.481 e. The number of nitrogens with two attached hydrogens (primary N) is 1. The van der Waals surface area contributed by atoms with Gasteiger partial charge in [0.15, 0.2) is 0 Å². The van der Waals surface area contributed by atoms with Crippen molar-refractivity contribution in [2.75, 3.05) is 7.11 Å². The topological polar surface area (TPSA) is 93.9 Å². The number of amides is 1. The van der Waals surface area contributed by atoms with E-state index in [1.165, 1.54) is 6.08 Å². The van der Waals surface area contributed by atoms with E-state index >= 15 is 0 Å². The Morgan fingerprint density at radius 1 is 1.11 bits per heavy atom. The maximum Gasteiger partial charge on any atom is 0.241 e. The van der Waals surface area contributed by atoms with Crippen molar-refractivity contribution in [3.63, 3.8) is 0 Å². The Bertz CT molecular complexity index is 1190. The van der Waals surface area contributed by atoms with E-state index in [1.54, 1.807) is 19.4 Å². The number of aromatic amines is 1. The maximum absolute atomic E-state index is 11.0. The predicted molar refractivity (Wildman–Crippen MR) is 110 cm³/mol. The average Bonchev–Trinajstić information content (AvgIpc) is 3.16. The highest BCUT2D eigenvalue weighted by molar-refractivity contribution is 5.96. The van der Waals surface area contributed by atoms with Gasteiger partial charge in [-0.3, -0.25) is 4.79 Å². The molecule has 0 aliphatic carbocycles. The van der Waals surface area contributed by atoms with Crippen LogP contribution in [0.1, 0.15) is 5.56 Å². The molecule has 1 aromatic carbocycles. The third kappa shape index (κ3) is 3.48. The van der Waals surface area contributed by atoms with Gasteiger partial charge >= 0.3 is 0 Å². The first-order valence-electron chi connectivity index (χ1n) is 8.69. The van der Waals surface area contributed by atoms with Gasteiger partial charge < -0.3 is 15.5 Å². The van der Waals surface area contributed by atoms with Gasteiger partial charge in [0.25, 0.3) is 0 Å². The van der Waals surface area contributed by atoms with Crippen LogP contribution in [0.3, 0.4) is 0 Å². The molecule has 138 valence electrons. The smallest absolute Gasteiger partial charge is 0.241 e. The normalized spacial score (nSPS) is 11.2. The van der Waals surface area contributed by atoms with Crippen molar-refractivity contribution in [2.45, 2.75) is 0 Å². The third-order valence-electron chi connectivity index (χ3n) is 4.45. The molecule has 4 rings (SSSR count). The Morgan fingerprint density at radius 2 is 2.00 bits per heavy atom. The zero-order chi connectivity index (χ0) is 19.5. The average molecular weight is 370 g/mol. The van der Waals surface area contributed by atoms with Gasteiger partial charge in [-0.1, -0.05) is 18.2 Å². The van der Waals surface area contributed by atoms with E-state index in [9.17, 15) is 4.79 Å². The molecule has 0 bridgehead atoms. The van der Waals surface area contributed by atoms with Crippen LogP contribution in [0.15, 0.2) is 67.1 Å². The first-order valence-corrected chi connectivity index (χ1v) is 8.69. The molecule has 4 aromatic rings. The number of ether oxygens (including phenoxy) is 1. The quantitative estimate of drug-likeness (QED) is 0.523. The van der Waals surface area contributed by atoms with E-state index in [4.69, 9.17) is 10.5 Å². The Kier molecular flexibility index (Phi) is 4.60. The fourth-order valence-electron chi connectivity index (χ4n) is 3.09. The van der Waals surface area contributed by atoms with Crippen LogP contribution < -0.4 is 10.5 Å². The summed E-state index contributed by atoms with van der Waals surface area (Å²) in [6.07, 6.45) is 8.53. The van der Waals surface area contributed by atoms with Gasteiger partial charge in [0.05, 0.1) is 7.11 Å². The number of hydrogen-bond acceptors (Lipinski definition) is 4. The van der Waals surface area contributed by atoms with Crippen LogP contribution in [0, 0.1) is 0 Å². The molecule has 0 radical (unpaired) electrons. The third-order valence-corrected chi connectivity index (χ3v) is 4.45. The number of nitrogens with one attached hydrogen (secondary N) is 1. The summed E-state index contributed by atoms with van der Waals surface area (Å²) >= 11 is 0. The lowest BCUT2D eigenvalue weighted by Crippen LogP contribution is -2.05. The second kappa shape index (κ2) is 7.36. The summed E-state index contributed by atoms with van der Waals surface area (Å²) in [5.41, 5.74) is 10.9. The highest BCUT2D eigenvalue weighted by atomic mass is 16.5. The summed E-state index contributed by atoms with van der Waals surface area (Å²) in [7, 11) is 1.60. The summed E-state index contributed by atoms with van der Waals surface area (Å²) in [5, 5.41) is 1.00. The van der Waals surface area contributed by atoms with E-state index < -0.39 is 5.91 Å². The molecule has 3 N–H and O–H groups in total. The van der Waals surface area contributed by atoms with Crippen molar-refractivity contribution in [3.8, 4) is 28.1 Å². The number of aromatic nitrogens is 3. The number of hydrogen-bond donors (Lipinski definition) is 2. The first kappa shape index (κ1) is 17.5. The number of methoxy groups -OCH3 is 1. The Labute approximate surface area is 161 Å². The van der Waals surface area contributed by atoms with Crippen LogP contribution in [0.2, 0.25) is 0 Å². The highest BCUT2D eigenvalue weighted by Crippen LogP contribution is 2.32. The number of rotatable bonds is 5. The van der Waals surface area contributed by atoms with Crippen LogP contribution in [-0.4, -0.2) is 28.0 Å². The minimum absolute atomic E-state index is 0.474. The molecule has 0 unspecified atom stereocenters. The number of H-pyrrole nitrogens is 1. The van der Waals surface area contributed by atoms with Gasteiger partial charge in [-0.25, -0.2) is 9.97 Å². The monoisotopic (exact) mass is 370 g/mol. The van der Waals surface area contributed by atoms with Crippen LogP contribution in [0.25, 0.3) is 39.4 Å². The summed E-state index contributed by atoms with van der Waals surface area (Å²) in [5.74, 6) is 0.0862. The number of carbonyl (C=O) groups excluding carboxylic acids is 1. The number of fused-ring (bicyclic) bond motifs is 1. The molecule has 0 spiro atoms. The van der Waals surface area contributed by atoms with Crippen molar-refractivity contribution in [2.24, 2.45) is 5.73 Å². The van der Waals surface area contributed by atoms with Crippen LogP contribution in [0.4, 0.5) is 0 Å². The molecule has 6 heteroatoms. The van der Waals surface area contributed by atoms with Gasteiger partial charge in [0, 0.05) is 47.2 Å². The molecule has 0 saturated carbocycles. The molecule has 6 nitrogen and oxygen atoms in total. The Balaban J connectivity index is 1.78. The zero-order valence-electron chi connectivity index (χ0n) is 15.2. The van der Waals surface area contributed by atoms with Gasteiger partial charge in [-0.2, -0.15) is 0 Å². The van der Waals surface area contributed by atoms with Crippen molar-refractivity contribution in [3.05, 3.63) is 72.7 Å². The summed E-state index contributed by atoms with van der Waals surface area (Å²) in [6, 6.07) is 13.8. The Hall–Kier alpha value is -3.93. The second-order valence-electron chi connectivity index (χ2n) is 6.27. The van der Waals surface area contributed by atoms with E-state index in [0.717, 1.165) is 38.9 Å². The molecule has 3 aromatic heterocycles. The van der Waals surface area contributed by atoms with Gasteiger partial charge in [-0.05, 0) is 41.0 Å².